The lowest BCUT2D eigenvalue weighted by molar-refractivity contribution is -0.131. The van der Waals surface area contributed by atoms with Crippen LogP contribution in [0.5, 0.6) is 0 Å². The van der Waals surface area contributed by atoms with Gasteiger partial charge in [-0.3, -0.25) is 14.2 Å². The molecule has 2 aromatic heterocycles. The first-order valence-corrected chi connectivity index (χ1v) is 12.5. The van der Waals surface area contributed by atoms with E-state index in [9.17, 15) is 9.59 Å². The lowest BCUT2D eigenvalue weighted by Gasteiger charge is -2.33. The number of hydrogen-bond acceptors (Lipinski definition) is 5. The van der Waals surface area contributed by atoms with Crippen molar-refractivity contribution in [2.45, 2.75) is 76.0 Å². The van der Waals surface area contributed by atoms with Crippen molar-refractivity contribution in [3.63, 3.8) is 0 Å². The molecule has 1 saturated heterocycles. The van der Waals surface area contributed by atoms with Crippen LogP contribution in [-0.2, 0) is 24.2 Å². The maximum atomic E-state index is 13.4. The average molecular weight is 432 g/mol. The van der Waals surface area contributed by atoms with Gasteiger partial charge in [0, 0.05) is 24.0 Å². The Hall–Kier alpha value is -1.60. The monoisotopic (exact) mass is 431 g/mol. The van der Waals surface area contributed by atoms with E-state index in [1.807, 2.05) is 4.90 Å². The van der Waals surface area contributed by atoms with Gasteiger partial charge in [-0.05, 0) is 57.4 Å². The molecular weight excluding hydrogens is 402 g/mol. The van der Waals surface area contributed by atoms with E-state index in [-0.39, 0.29) is 11.5 Å². The highest BCUT2D eigenvalue weighted by molar-refractivity contribution is 7.99. The Labute approximate surface area is 180 Å². The average Bonchev–Trinajstić information content (AvgIpc) is 2.90. The second-order valence-electron chi connectivity index (χ2n) is 8.06. The zero-order chi connectivity index (χ0) is 20.4. The molecule has 0 bridgehead atoms. The fraction of sp³-hybridized carbons (Fsp3) is 0.591. The van der Waals surface area contributed by atoms with Gasteiger partial charge in [0.1, 0.15) is 4.83 Å². The first-order chi connectivity index (χ1) is 14.1. The van der Waals surface area contributed by atoms with Crippen molar-refractivity contribution in [2.24, 2.45) is 0 Å². The van der Waals surface area contributed by atoms with E-state index in [4.69, 9.17) is 4.98 Å². The number of amides is 1. The molecule has 0 saturated carbocycles. The molecular formula is C22H29N3O2S2. The van der Waals surface area contributed by atoms with E-state index in [0.717, 1.165) is 48.9 Å². The number of aryl methyl sites for hydroxylation is 2. The number of fused-ring (bicyclic) bond motifs is 3. The number of thioether (sulfide) groups is 1. The highest BCUT2D eigenvalue weighted by Crippen LogP contribution is 2.34. The second kappa shape index (κ2) is 9.04. The second-order valence-corrected chi connectivity index (χ2v) is 10.1. The van der Waals surface area contributed by atoms with Crippen LogP contribution in [0.25, 0.3) is 10.2 Å². The van der Waals surface area contributed by atoms with Crippen molar-refractivity contribution < 1.29 is 4.79 Å². The molecule has 0 N–H and O–H groups in total. The molecule has 1 atom stereocenters. The van der Waals surface area contributed by atoms with Gasteiger partial charge in [-0.25, -0.2) is 4.98 Å². The van der Waals surface area contributed by atoms with Gasteiger partial charge in [-0.15, -0.1) is 17.9 Å². The van der Waals surface area contributed by atoms with Crippen molar-refractivity contribution >= 4 is 39.2 Å². The number of piperidine rings is 1. The summed E-state index contributed by atoms with van der Waals surface area (Å²) < 4.78 is 1.70. The molecule has 0 spiro atoms. The summed E-state index contributed by atoms with van der Waals surface area (Å²) in [5, 5.41) is 1.44. The summed E-state index contributed by atoms with van der Waals surface area (Å²) in [4.78, 5) is 35.1. The van der Waals surface area contributed by atoms with Crippen LogP contribution in [0.15, 0.2) is 22.6 Å². The first-order valence-electron chi connectivity index (χ1n) is 10.7. The first kappa shape index (κ1) is 20.7. The fourth-order valence-electron chi connectivity index (χ4n) is 4.47. The molecule has 3 heterocycles. The summed E-state index contributed by atoms with van der Waals surface area (Å²) in [6.45, 7) is 7.20. The van der Waals surface area contributed by atoms with Crippen LogP contribution in [0, 0.1) is 0 Å². The van der Waals surface area contributed by atoms with Crippen molar-refractivity contribution in [1.29, 1.82) is 0 Å². The van der Waals surface area contributed by atoms with Crippen molar-refractivity contribution in [1.82, 2.24) is 14.5 Å². The molecule has 1 amide bonds. The number of nitrogens with zero attached hydrogens (tertiary/aromatic N) is 3. The highest BCUT2D eigenvalue weighted by atomic mass is 32.2. The van der Waals surface area contributed by atoms with Crippen LogP contribution in [0.4, 0.5) is 0 Å². The summed E-state index contributed by atoms with van der Waals surface area (Å²) in [5.74, 6) is 0.466. The van der Waals surface area contributed by atoms with Gasteiger partial charge in [-0.2, -0.15) is 0 Å². The lowest BCUT2D eigenvalue weighted by Crippen LogP contribution is -2.43. The van der Waals surface area contributed by atoms with E-state index in [2.05, 4.69) is 13.5 Å². The van der Waals surface area contributed by atoms with Crippen LogP contribution in [0.1, 0.15) is 55.9 Å². The van der Waals surface area contributed by atoms with E-state index in [1.54, 1.807) is 22.0 Å². The minimum absolute atomic E-state index is 0.0237. The predicted molar refractivity (Wildman–Crippen MR) is 121 cm³/mol. The molecule has 1 unspecified atom stereocenters. The number of aromatic nitrogens is 2. The van der Waals surface area contributed by atoms with Crippen LogP contribution in [0.3, 0.4) is 0 Å². The Balaban J connectivity index is 1.64. The minimum atomic E-state index is 0.0237. The zero-order valence-electron chi connectivity index (χ0n) is 17.1. The van der Waals surface area contributed by atoms with Crippen molar-refractivity contribution in [2.75, 3.05) is 12.3 Å². The molecule has 7 heteroatoms. The molecule has 5 nitrogen and oxygen atoms in total. The van der Waals surface area contributed by atoms with E-state index in [1.165, 1.54) is 41.5 Å². The van der Waals surface area contributed by atoms with E-state index >= 15 is 0 Å². The van der Waals surface area contributed by atoms with Gasteiger partial charge in [0.2, 0.25) is 5.91 Å². The third-order valence-corrected chi connectivity index (χ3v) is 8.20. The maximum Gasteiger partial charge on any atom is 0.263 e. The third kappa shape index (κ3) is 4.17. The smallest absolute Gasteiger partial charge is 0.263 e. The normalized spacial score (nSPS) is 19.8. The Kier molecular flexibility index (Phi) is 6.44. The Bertz CT molecular complexity index is 979. The zero-order valence-corrected chi connectivity index (χ0v) is 18.7. The minimum Gasteiger partial charge on any atom is -0.339 e. The van der Waals surface area contributed by atoms with Gasteiger partial charge in [0.25, 0.3) is 5.56 Å². The van der Waals surface area contributed by atoms with Crippen LogP contribution < -0.4 is 5.56 Å². The Morgan fingerprint density at radius 3 is 2.90 bits per heavy atom. The van der Waals surface area contributed by atoms with Crippen molar-refractivity contribution in [3.8, 4) is 0 Å². The molecule has 4 rings (SSSR count). The molecule has 156 valence electrons. The largest absolute Gasteiger partial charge is 0.339 e. The third-order valence-electron chi connectivity index (χ3n) is 6.05. The fourth-order valence-corrected chi connectivity index (χ4v) is 6.67. The van der Waals surface area contributed by atoms with Crippen LogP contribution in [0.2, 0.25) is 0 Å². The van der Waals surface area contributed by atoms with Crippen molar-refractivity contribution in [3.05, 3.63) is 33.4 Å². The standard InChI is InChI=1S/C22H29N3O2S2/c1-3-12-25-21(27)19-16-10-5-4-6-11-17(16)29-20(19)23-22(25)28-14-18(26)24-13-8-7-9-15(24)2/h3,15H,1,4-14H2,2H3. The van der Waals surface area contributed by atoms with E-state index in [0.29, 0.717) is 23.5 Å². The quantitative estimate of drug-likeness (QED) is 0.305. The summed E-state index contributed by atoms with van der Waals surface area (Å²) in [6, 6.07) is 0.301. The summed E-state index contributed by atoms with van der Waals surface area (Å²) in [6.07, 6.45) is 10.6. The van der Waals surface area contributed by atoms with Gasteiger partial charge in [0.05, 0.1) is 11.1 Å². The van der Waals surface area contributed by atoms with E-state index < -0.39 is 0 Å². The summed E-state index contributed by atoms with van der Waals surface area (Å²) in [5.41, 5.74) is 1.24. The molecule has 29 heavy (non-hydrogen) atoms. The number of allylic oxidation sites excluding steroid dienone is 1. The van der Waals surface area contributed by atoms with Crippen LogP contribution in [-0.4, -0.2) is 38.7 Å². The summed E-state index contributed by atoms with van der Waals surface area (Å²) in [7, 11) is 0. The number of rotatable bonds is 5. The molecule has 0 radical (unpaired) electrons. The van der Waals surface area contributed by atoms with Gasteiger partial charge >= 0.3 is 0 Å². The SMILES string of the molecule is C=CCn1c(SCC(=O)N2CCCCC2C)nc2sc3c(c2c1=O)CCCCC3. The molecule has 1 aliphatic carbocycles. The van der Waals surface area contributed by atoms with Gasteiger partial charge in [0.15, 0.2) is 5.16 Å². The van der Waals surface area contributed by atoms with Gasteiger partial charge < -0.3 is 4.90 Å². The number of carbonyl (C=O) groups excluding carboxylic acids is 1. The molecule has 0 aromatic carbocycles. The number of hydrogen-bond donors (Lipinski definition) is 0. The van der Waals surface area contributed by atoms with Crippen LogP contribution >= 0.6 is 23.1 Å². The number of likely N-dealkylation sites (tertiary alicyclic amines) is 1. The molecule has 2 aromatic rings. The Morgan fingerprint density at radius 2 is 2.10 bits per heavy atom. The molecule has 1 aliphatic heterocycles. The summed E-state index contributed by atoms with van der Waals surface area (Å²) >= 11 is 3.06. The maximum absolute atomic E-state index is 13.4. The highest BCUT2D eigenvalue weighted by Gasteiger charge is 2.25. The Morgan fingerprint density at radius 1 is 1.28 bits per heavy atom. The number of carbonyl (C=O) groups is 1. The number of thiophene rings is 1. The van der Waals surface area contributed by atoms with Gasteiger partial charge in [-0.1, -0.05) is 24.3 Å². The lowest BCUT2D eigenvalue weighted by atomic mass is 10.0. The molecule has 2 aliphatic rings. The predicted octanol–water partition coefficient (Wildman–Crippen LogP) is 4.41. The molecule has 1 fully saturated rings. The topological polar surface area (TPSA) is 55.2 Å².